The zero-order chi connectivity index (χ0) is 14.8. The van der Waals surface area contributed by atoms with Gasteiger partial charge >= 0.3 is 0 Å². The number of likely N-dealkylation sites (N-methyl/N-ethyl adjacent to an activating group) is 1. The Bertz CT molecular complexity index is 482. The van der Waals surface area contributed by atoms with Crippen LogP contribution in [0.2, 0.25) is 0 Å². The zero-order valence-electron chi connectivity index (χ0n) is 13.3. The highest BCUT2D eigenvalue weighted by atomic mass is 16.5. The maximum absolute atomic E-state index is 6.66. The average Bonchev–Trinajstić information content (AvgIpc) is 3.04. The van der Waals surface area contributed by atoms with E-state index in [1.807, 2.05) is 0 Å². The Morgan fingerprint density at radius 2 is 2.00 bits per heavy atom. The maximum Gasteiger partial charge on any atom is 0.119 e. The smallest absolute Gasteiger partial charge is 0.119 e. The molecule has 0 radical (unpaired) electrons. The molecule has 0 saturated heterocycles. The van der Waals surface area contributed by atoms with Crippen LogP contribution >= 0.6 is 0 Å². The molecule has 0 heterocycles. The van der Waals surface area contributed by atoms with Crippen molar-refractivity contribution in [2.45, 2.75) is 63.6 Å². The third-order valence-electron chi connectivity index (χ3n) is 5.42. The second-order valence-corrected chi connectivity index (χ2v) is 6.47. The lowest BCUT2D eigenvalue weighted by Gasteiger charge is -2.42. The topological polar surface area (TPSA) is 38.5 Å². The van der Waals surface area contributed by atoms with Crippen molar-refractivity contribution in [1.82, 2.24) is 4.90 Å². The van der Waals surface area contributed by atoms with Crippen molar-refractivity contribution in [3.8, 4) is 5.75 Å². The van der Waals surface area contributed by atoms with Crippen molar-refractivity contribution in [2.75, 3.05) is 13.7 Å². The first-order valence-electron chi connectivity index (χ1n) is 8.42. The molecule has 0 spiro atoms. The number of hydrogen-bond acceptors (Lipinski definition) is 3. The van der Waals surface area contributed by atoms with E-state index in [0.717, 1.165) is 24.8 Å². The Morgan fingerprint density at radius 1 is 1.24 bits per heavy atom. The molecule has 1 fully saturated rings. The van der Waals surface area contributed by atoms with E-state index in [1.165, 1.54) is 43.2 Å². The van der Waals surface area contributed by atoms with E-state index in [-0.39, 0.29) is 6.04 Å². The van der Waals surface area contributed by atoms with Crippen LogP contribution in [-0.4, -0.2) is 30.6 Å². The minimum atomic E-state index is 0.115. The molecule has 0 aliphatic heterocycles. The van der Waals surface area contributed by atoms with Crippen LogP contribution in [0.5, 0.6) is 5.75 Å². The van der Waals surface area contributed by atoms with Gasteiger partial charge in [-0.2, -0.15) is 0 Å². The minimum Gasteiger partial charge on any atom is -0.497 e. The Balaban J connectivity index is 1.84. The zero-order valence-corrected chi connectivity index (χ0v) is 13.3. The Labute approximate surface area is 128 Å². The summed E-state index contributed by atoms with van der Waals surface area (Å²) in [4.78, 5) is 2.68. The van der Waals surface area contributed by atoms with Gasteiger partial charge in [-0.25, -0.2) is 0 Å². The summed E-state index contributed by atoms with van der Waals surface area (Å²) in [5.74, 6) is 0.925. The molecule has 0 aromatic heterocycles. The molecule has 3 rings (SSSR count). The van der Waals surface area contributed by atoms with Crippen LogP contribution in [0.15, 0.2) is 18.2 Å². The number of nitrogens with two attached hydrogens (primary N) is 1. The van der Waals surface area contributed by atoms with Gasteiger partial charge in [-0.15, -0.1) is 0 Å². The van der Waals surface area contributed by atoms with Crippen LogP contribution < -0.4 is 10.5 Å². The van der Waals surface area contributed by atoms with Crippen molar-refractivity contribution in [2.24, 2.45) is 5.73 Å². The van der Waals surface area contributed by atoms with Gasteiger partial charge in [0.1, 0.15) is 5.75 Å². The predicted octanol–water partition coefficient (Wildman–Crippen LogP) is 3.27. The number of methoxy groups -OCH3 is 1. The van der Waals surface area contributed by atoms with Gasteiger partial charge in [0, 0.05) is 18.1 Å². The molecule has 116 valence electrons. The fourth-order valence-corrected chi connectivity index (χ4v) is 4.30. The van der Waals surface area contributed by atoms with E-state index >= 15 is 0 Å². The molecule has 2 unspecified atom stereocenters. The third-order valence-corrected chi connectivity index (χ3v) is 5.42. The lowest BCUT2D eigenvalue weighted by Crippen LogP contribution is -2.49. The van der Waals surface area contributed by atoms with Gasteiger partial charge in [-0.05, 0) is 55.5 Å². The van der Waals surface area contributed by atoms with Gasteiger partial charge in [0.2, 0.25) is 0 Å². The molecule has 2 aliphatic carbocycles. The second kappa shape index (κ2) is 6.37. The number of rotatable bonds is 4. The van der Waals surface area contributed by atoms with Crippen molar-refractivity contribution < 1.29 is 4.74 Å². The third kappa shape index (κ3) is 2.82. The van der Waals surface area contributed by atoms with Gasteiger partial charge in [-0.3, -0.25) is 4.90 Å². The van der Waals surface area contributed by atoms with E-state index in [9.17, 15) is 0 Å². The number of ether oxygens (including phenoxy) is 1. The van der Waals surface area contributed by atoms with E-state index in [0.29, 0.717) is 6.04 Å². The van der Waals surface area contributed by atoms with Gasteiger partial charge < -0.3 is 10.5 Å². The summed E-state index contributed by atoms with van der Waals surface area (Å²) < 4.78 is 5.38. The van der Waals surface area contributed by atoms with Crippen LogP contribution in [0.4, 0.5) is 0 Å². The summed E-state index contributed by atoms with van der Waals surface area (Å²) in [5, 5.41) is 0. The fraction of sp³-hybridized carbons (Fsp3) is 0.667. The lowest BCUT2D eigenvalue weighted by atomic mass is 9.83. The molecule has 1 saturated carbocycles. The monoisotopic (exact) mass is 288 g/mol. The molecule has 3 nitrogen and oxygen atoms in total. The molecule has 2 aliphatic rings. The molecule has 1 aromatic rings. The van der Waals surface area contributed by atoms with Gasteiger partial charge in [0.05, 0.1) is 7.11 Å². The Hall–Kier alpha value is -1.06. The summed E-state index contributed by atoms with van der Waals surface area (Å²) in [6, 6.07) is 7.74. The highest BCUT2D eigenvalue weighted by molar-refractivity contribution is 5.40. The van der Waals surface area contributed by atoms with E-state index in [1.54, 1.807) is 7.11 Å². The van der Waals surface area contributed by atoms with Crippen LogP contribution in [0.1, 0.15) is 56.2 Å². The molecule has 2 atom stereocenters. The molecule has 2 N–H and O–H groups in total. The molecule has 0 amide bonds. The van der Waals surface area contributed by atoms with Gasteiger partial charge in [0.25, 0.3) is 0 Å². The van der Waals surface area contributed by atoms with Crippen molar-refractivity contribution in [3.63, 3.8) is 0 Å². The van der Waals surface area contributed by atoms with Crippen molar-refractivity contribution >= 4 is 0 Å². The molecule has 1 aromatic carbocycles. The molecule has 21 heavy (non-hydrogen) atoms. The van der Waals surface area contributed by atoms with E-state index in [2.05, 4.69) is 30.0 Å². The van der Waals surface area contributed by atoms with Crippen molar-refractivity contribution in [1.29, 1.82) is 0 Å². The highest BCUT2D eigenvalue weighted by Gasteiger charge is 2.35. The highest BCUT2D eigenvalue weighted by Crippen LogP contribution is 2.36. The second-order valence-electron chi connectivity index (χ2n) is 6.47. The molecule has 3 heteroatoms. The van der Waals surface area contributed by atoms with Crippen LogP contribution in [0.3, 0.4) is 0 Å². The van der Waals surface area contributed by atoms with E-state index in [4.69, 9.17) is 10.5 Å². The number of benzene rings is 1. The van der Waals surface area contributed by atoms with Crippen molar-refractivity contribution in [3.05, 3.63) is 29.3 Å². The number of fused-ring (bicyclic) bond motifs is 1. The van der Waals surface area contributed by atoms with Crippen LogP contribution in [0.25, 0.3) is 0 Å². The number of nitrogens with zero attached hydrogens (tertiary/aromatic N) is 1. The number of aryl methyl sites for hydroxylation is 1. The molecule has 0 bridgehead atoms. The first kappa shape index (κ1) is 14.9. The predicted molar refractivity (Wildman–Crippen MR) is 86.7 cm³/mol. The Morgan fingerprint density at radius 3 is 2.67 bits per heavy atom. The standard InChI is InChI=1S/C18H28N2O/c1-3-20(14-6-4-5-7-14)17-11-9-13-8-10-15(21-2)12-16(13)18(17)19/h8,10,12,14,17-18H,3-7,9,11,19H2,1-2H3. The molecular formula is C18H28N2O. The Kier molecular flexibility index (Phi) is 4.51. The quantitative estimate of drug-likeness (QED) is 0.924. The summed E-state index contributed by atoms with van der Waals surface area (Å²) in [6.07, 6.45) is 7.79. The minimum absolute atomic E-state index is 0.115. The normalized spacial score (nSPS) is 26.1. The summed E-state index contributed by atoms with van der Waals surface area (Å²) in [5.41, 5.74) is 9.36. The number of hydrogen-bond donors (Lipinski definition) is 1. The largest absolute Gasteiger partial charge is 0.497 e. The van der Waals surface area contributed by atoms with Gasteiger partial charge in [-0.1, -0.05) is 25.8 Å². The maximum atomic E-state index is 6.66. The molecular weight excluding hydrogens is 260 g/mol. The first-order valence-corrected chi connectivity index (χ1v) is 8.42. The van der Waals surface area contributed by atoms with Gasteiger partial charge in [0.15, 0.2) is 0 Å². The lowest BCUT2D eigenvalue weighted by molar-refractivity contribution is 0.111. The summed E-state index contributed by atoms with van der Waals surface area (Å²) >= 11 is 0. The van der Waals surface area contributed by atoms with E-state index < -0.39 is 0 Å². The SMILES string of the molecule is CCN(C1CCCC1)C1CCc2ccc(OC)cc2C1N. The first-order chi connectivity index (χ1) is 10.2. The fourth-order valence-electron chi connectivity index (χ4n) is 4.30. The summed E-state index contributed by atoms with van der Waals surface area (Å²) in [6.45, 7) is 3.40. The van der Waals surface area contributed by atoms with Crippen LogP contribution in [-0.2, 0) is 6.42 Å². The summed E-state index contributed by atoms with van der Waals surface area (Å²) in [7, 11) is 1.73. The average molecular weight is 288 g/mol. The van der Waals surface area contributed by atoms with Crippen LogP contribution in [0, 0.1) is 0 Å².